The van der Waals surface area contributed by atoms with Crippen molar-refractivity contribution in [2.45, 2.75) is 25.8 Å². The molecule has 0 saturated heterocycles. The maximum atomic E-state index is 10.7. The van der Waals surface area contributed by atoms with Crippen LogP contribution in [-0.4, -0.2) is 27.7 Å². The van der Waals surface area contributed by atoms with E-state index in [9.17, 15) is 10.1 Å². The largest absolute Gasteiger partial charge is 0.396 e. The first-order valence-electron chi connectivity index (χ1n) is 6.56. The van der Waals surface area contributed by atoms with Gasteiger partial charge in [0.2, 0.25) is 0 Å². The van der Waals surface area contributed by atoms with Gasteiger partial charge in [0.1, 0.15) is 5.82 Å². The van der Waals surface area contributed by atoms with Crippen molar-refractivity contribution in [3.63, 3.8) is 0 Å². The summed E-state index contributed by atoms with van der Waals surface area (Å²) < 4.78 is 0. The molecule has 2 aromatic rings. The minimum atomic E-state index is -0.417. The van der Waals surface area contributed by atoms with Crippen LogP contribution >= 0.6 is 0 Å². The number of non-ortho nitro benzene ring substituents is 1. The average Bonchev–Trinajstić information content (AvgIpc) is 2.46. The van der Waals surface area contributed by atoms with Gasteiger partial charge in [-0.25, -0.2) is 4.98 Å². The highest BCUT2D eigenvalue weighted by molar-refractivity contribution is 5.82. The van der Waals surface area contributed by atoms with Gasteiger partial charge in [0.25, 0.3) is 5.69 Å². The van der Waals surface area contributed by atoms with Gasteiger partial charge < -0.3 is 10.4 Å². The zero-order valence-electron chi connectivity index (χ0n) is 11.2. The second-order valence-corrected chi connectivity index (χ2v) is 4.59. The van der Waals surface area contributed by atoms with Crippen molar-refractivity contribution in [2.75, 3.05) is 11.9 Å². The number of aliphatic hydroxyl groups is 1. The molecule has 2 rings (SSSR count). The first kappa shape index (κ1) is 14.2. The molecule has 0 aliphatic carbocycles. The lowest BCUT2D eigenvalue weighted by molar-refractivity contribution is -0.384. The smallest absolute Gasteiger partial charge is 0.270 e. The Kier molecular flexibility index (Phi) is 4.47. The third kappa shape index (κ3) is 3.21. The first-order valence-corrected chi connectivity index (χ1v) is 6.56. The molecule has 0 fully saturated rings. The number of fused-ring (bicyclic) bond motifs is 1. The van der Waals surface area contributed by atoms with Gasteiger partial charge >= 0.3 is 0 Å². The molecule has 1 atom stereocenters. The Morgan fingerprint density at radius 1 is 1.40 bits per heavy atom. The van der Waals surface area contributed by atoms with E-state index in [0.717, 1.165) is 11.8 Å². The number of pyridine rings is 1. The molecule has 0 saturated carbocycles. The lowest BCUT2D eigenvalue weighted by Gasteiger charge is -2.16. The second-order valence-electron chi connectivity index (χ2n) is 4.59. The van der Waals surface area contributed by atoms with Crippen LogP contribution in [0.5, 0.6) is 0 Å². The third-order valence-corrected chi connectivity index (χ3v) is 3.21. The number of hydrogen-bond acceptors (Lipinski definition) is 5. The normalized spacial score (nSPS) is 12.3. The molecular weight excluding hydrogens is 258 g/mol. The number of benzene rings is 1. The van der Waals surface area contributed by atoms with E-state index in [2.05, 4.69) is 10.3 Å². The zero-order valence-corrected chi connectivity index (χ0v) is 11.2. The van der Waals surface area contributed by atoms with Crippen LogP contribution in [0.4, 0.5) is 11.5 Å². The molecule has 6 nitrogen and oxygen atoms in total. The molecule has 1 unspecified atom stereocenters. The summed E-state index contributed by atoms with van der Waals surface area (Å²) in [5, 5.41) is 23.7. The van der Waals surface area contributed by atoms with Gasteiger partial charge in [-0.3, -0.25) is 10.1 Å². The monoisotopic (exact) mass is 275 g/mol. The fourth-order valence-corrected chi connectivity index (χ4v) is 2.05. The molecule has 0 amide bonds. The molecule has 0 radical (unpaired) electrons. The lowest BCUT2D eigenvalue weighted by atomic mass is 10.1. The summed E-state index contributed by atoms with van der Waals surface area (Å²) in [6.45, 7) is 2.17. The number of nitrogens with one attached hydrogen (secondary N) is 1. The van der Waals surface area contributed by atoms with Crippen molar-refractivity contribution in [3.05, 3.63) is 40.4 Å². The molecular formula is C14H17N3O3. The van der Waals surface area contributed by atoms with Gasteiger partial charge in [0.15, 0.2) is 0 Å². The van der Waals surface area contributed by atoms with Gasteiger partial charge in [-0.15, -0.1) is 0 Å². The quantitative estimate of drug-likeness (QED) is 0.625. The molecule has 1 heterocycles. The van der Waals surface area contributed by atoms with E-state index in [4.69, 9.17) is 5.11 Å². The van der Waals surface area contributed by atoms with Crippen LogP contribution in [0.1, 0.15) is 19.8 Å². The van der Waals surface area contributed by atoms with Crippen LogP contribution in [-0.2, 0) is 0 Å². The highest BCUT2D eigenvalue weighted by Crippen LogP contribution is 2.21. The second kappa shape index (κ2) is 6.29. The molecule has 2 N–H and O–H groups in total. The summed E-state index contributed by atoms with van der Waals surface area (Å²) in [5.74, 6) is 0.714. The molecule has 1 aromatic heterocycles. The van der Waals surface area contributed by atoms with Crippen molar-refractivity contribution in [1.82, 2.24) is 4.98 Å². The van der Waals surface area contributed by atoms with Crippen molar-refractivity contribution < 1.29 is 10.0 Å². The van der Waals surface area contributed by atoms with Gasteiger partial charge in [0.05, 0.1) is 10.4 Å². The molecule has 0 aliphatic heterocycles. The van der Waals surface area contributed by atoms with Crippen molar-refractivity contribution >= 4 is 22.4 Å². The third-order valence-electron chi connectivity index (χ3n) is 3.21. The Labute approximate surface area is 116 Å². The number of nitrogens with zero attached hydrogens (tertiary/aromatic N) is 2. The van der Waals surface area contributed by atoms with Crippen LogP contribution < -0.4 is 5.32 Å². The zero-order chi connectivity index (χ0) is 14.5. The predicted octanol–water partition coefficient (Wildman–Crippen LogP) is 2.72. The Balaban J connectivity index is 2.25. The van der Waals surface area contributed by atoms with E-state index in [1.54, 1.807) is 12.1 Å². The highest BCUT2D eigenvalue weighted by atomic mass is 16.6. The van der Waals surface area contributed by atoms with Crippen molar-refractivity contribution in [3.8, 4) is 0 Å². The predicted molar refractivity (Wildman–Crippen MR) is 77.8 cm³/mol. The molecule has 20 heavy (non-hydrogen) atoms. The maximum Gasteiger partial charge on any atom is 0.270 e. The summed E-state index contributed by atoms with van der Waals surface area (Å²) in [7, 11) is 0. The number of nitro benzene ring substituents is 1. The number of rotatable bonds is 6. The van der Waals surface area contributed by atoms with Gasteiger partial charge in [-0.2, -0.15) is 0 Å². The van der Waals surface area contributed by atoms with Gasteiger partial charge in [-0.1, -0.05) is 6.92 Å². The van der Waals surface area contributed by atoms with Crippen LogP contribution in [0.25, 0.3) is 10.9 Å². The first-order chi connectivity index (χ1) is 9.63. The van der Waals surface area contributed by atoms with Crippen LogP contribution in [0.2, 0.25) is 0 Å². The summed E-state index contributed by atoms with van der Waals surface area (Å²) >= 11 is 0. The summed E-state index contributed by atoms with van der Waals surface area (Å²) in [5.41, 5.74) is 0.770. The molecule has 0 bridgehead atoms. The number of aliphatic hydroxyl groups excluding tert-OH is 1. The van der Waals surface area contributed by atoms with Crippen molar-refractivity contribution in [2.24, 2.45) is 0 Å². The highest BCUT2D eigenvalue weighted by Gasteiger charge is 2.09. The van der Waals surface area contributed by atoms with Gasteiger partial charge in [0, 0.05) is 30.2 Å². The number of hydrogen-bond donors (Lipinski definition) is 2. The maximum absolute atomic E-state index is 10.7. The van der Waals surface area contributed by atoms with E-state index >= 15 is 0 Å². The number of nitro groups is 1. The van der Waals surface area contributed by atoms with E-state index < -0.39 is 4.92 Å². The average molecular weight is 275 g/mol. The van der Waals surface area contributed by atoms with Crippen LogP contribution in [0, 0.1) is 10.1 Å². The van der Waals surface area contributed by atoms with E-state index in [1.807, 2.05) is 13.0 Å². The summed E-state index contributed by atoms with van der Waals surface area (Å²) in [6, 6.07) is 8.38. The molecule has 0 aliphatic rings. The molecule has 1 aromatic carbocycles. The molecule has 6 heteroatoms. The summed E-state index contributed by atoms with van der Waals surface area (Å²) in [6.07, 6.45) is 1.55. The fourth-order valence-electron chi connectivity index (χ4n) is 2.05. The Bertz CT molecular complexity index is 616. The topological polar surface area (TPSA) is 88.3 Å². The van der Waals surface area contributed by atoms with E-state index in [-0.39, 0.29) is 18.3 Å². The fraction of sp³-hybridized carbons (Fsp3) is 0.357. The number of aromatic nitrogens is 1. The van der Waals surface area contributed by atoms with Crippen LogP contribution in [0.15, 0.2) is 30.3 Å². The van der Waals surface area contributed by atoms with E-state index in [1.165, 1.54) is 12.1 Å². The van der Waals surface area contributed by atoms with E-state index in [0.29, 0.717) is 17.8 Å². The van der Waals surface area contributed by atoms with Crippen molar-refractivity contribution in [1.29, 1.82) is 0 Å². The van der Waals surface area contributed by atoms with Crippen LogP contribution in [0.3, 0.4) is 0 Å². The minimum Gasteiger partial charge on any atom is -0.396 e. The minimum absolute atomic E-state index is 0.0618. The standard InChI is InChI=1S/C14H17N3O3/c1-2-11(7-8-18)15-14-6-3-10-9-12(17(19)20)4-5-13(10)16-14/h3-6,9,11,18H,2,7-8H2,1H3,(H,15,16). The Morgan fingerprint density at radius 2 is 2.20 bits per heavy atom. The van der Waals surface area contributed by atoms with Gasteiger partial charge in [-0.05, 0) is 31.0 Å². The Hall–Kier alpha value is -2.21. The number of anilines is 1. The SMILES string of the molecule is CCC(CCO)Nc1ccc2cc([N+](=O)[O-])ccc2n1. The lowest BCUT2D eigenvalue weighted by Crippen LogP contribution is -2.20. The molecule has 0 spiro atoms. The summed E-state index contributed by atoms with van der Waals surface area (Å²) in [4.78, 5) is 14.7. The molecule has 106 valence electrons. The Morgan fingerprint density at radius 3 is 2.85 bits per heavy atom.